The van der Waals surface area contributed by atoms with Crippen molar-refractivity contribution in [3.8, 4) is 22.8 Å². The van der Waals surface area contributed by atoms with Crippen LogP contribution in [0.15, 0.2) is 72.8 Å². The molecule has 1 heterocycles. The third-order valence-electron chi connectivity index (χ3n) is 4.73. The van der Waals surface area contributed by atoms with Gasteiger partial charge in [-0.05, 0) is 48.5 Å². The largest absolute Gasteiger partial charge is 0.497 e. The molecule has 0 aliphatic heterocycles. The summed E-state index contributed by atoms with van der Waals surface area (Å²) in [5.74, 6) is 0.470. The average molecular weight is 402 g/mol. The van der Waals surface area contributed by atoms with E-state index in [9.17, 15) is 9.18 Å². The standard InChI is InChI=1S/C24H19FN2O3/c1-29-17-10-11-23(30-2)20(13-17)22-14-19(18-8-3-4-9-21(18)27-22)24(28)26-16-7-5-6-15(25)12-16/h3-14H,1-2H3,(H,26,28). The normalized spacial score (nSPS) is 10.6. The lowest BCUT2D eigenvalue weighted by molar-refractivity contribution is 0.102. The molecule has 5 nitrogen and oxygen atoms in total. The van der Waals surface area contributed by atoms with Crippen LogP contribution >= 0.6 is 0 Å². The van der Waals surface area contributed by atoms with Crippen molar-refractivity contribution >= 4 is 22.5 Å². The molecule has 4 rings (SSSR count). The van der Waals surface area contributed by atoms with E-state index >= 15 is 0 Å². The van der Waals surface area contributed by atoms with Crippen molar-refractivity contribution in [3.63, 3.8) is 0 Å². The zero-order valence-electron chi connectivity index (χ0n) is 16.5. The Bertz CT molecular complexity index is 1240. The zero-order chi connectivity index (χ0) is 21.1. The first kappa shape index (κ1) is 19.4. The summed E-state index contributed by atoms with van der Waals surface area (Å²) in [6.07, 6.45) is 0. The number of rotatable bonds is 5. The summed E-state index contributed by atoms with van der Waals surface area (Å²) in [6, 6.07) is 20.2. The molecule has 0 spiro atoms. The molecule has 150 valence electrons. The minimum absolute atomic E-state index is 0.359. The van der Waals surface area contributed by atoms with Gasteiger partial charge >= 0.3 is 0 Å². The van der Waals surface area contributed by atoms with Crippen molar-refractivity contribution in [2.24, 2.45) is 0 Å². The summed E-state index contributed by atoms with van der Waals surface area (Å²) in [5.41, 5.74) is 2.71. The molecule has 0 bridgehead atoms. The molecule has 0 saturated heterocycles. The van der Waals surface area contributed by atoms with Gasteiger partial charge < -0.3 is 14.8 Å². The molecule has 6 heteroatoms. The lowest BCUT2D eigenvalue weighted by Gasteiger charge is -2.13. The van der Waals surface area contributed by atoms with Gasteiger partial charge in [0.25, 0.3) is 5.91 Å². The lowest BCUT2D eigenvalue weighted by atomic mass is 10.0. The summed E-state index contributed by atoms with van der Waals surface area (Å²) >= 11 is 0. The molecule has 1 amide bonds. The number of carbonyl (C=O) groups excluding carboxylic acids is 1. The van der Waals surface area contributed by atoms with Gasteiger partial charge in [0.2, 0.25) is 0 Å². The highest BCUT2D eigenvalue weighted by Gasteiger charge is 2.17. The van der Waals surface area contributed by atoms with Crippen molar-refractivity contribution in [1.82, 2.24) is 4.98 Å². The Morgan fingerprint density at radius 3 is 2.53 bits per heavy atom. The average Bonchev–Trinajstić information content (AvgIpc) is 2.77. The maximum absolute atomic E-state index is 13.5. The Morgan fingerprint density at radius 1 is 0.933 bits per heavy atom. The highest BCUT2D eigenvalue weighted by atomic mass is 19.1. The number of pyridine rings is 1. The minimum atomic E-state index is -0.422. The number of hydrogen-bond acceptors (Lipinski definition) is 4. The van der Waals surface area contributed by atoms with Crippen LogP contribution in [-0.4, -0.2) is 25.1 Å². The topological polar surface area (TPSA) is 60.5 Å². The van der Waals surface area contributed by atoms with Crippen LogP contribution in [-0.2, 0) is 0 Å². The highest BCUT2D eigenvalue weighted by molar-refractivity contribution is 6.13. The molecule has 0 radical (unpaired) electrons. The fourth-order valence-electron chi connectivity index (χ4n) is 3.28. The summed E-state index contributed by atoms with van der Waals surface area (Å²) in [7, 11) is 3.15. The van der Waals surface area contributed by atoms with Gasteiger partial charge in [-0.1, -0.05) is 24.3 Å². The fourth-order valence-corrected chi connectivity index (χ4v) is 3.28. The number of ether oxygens (including phenoxy) is 2. The first-order valence-corrected chi connectivity index (χ1v) is 9.28. The molecule has 0 saturated carbocycles. The van der Waals surface area contributed by atoms with Crippen LogP contribution in [0.2, 0.25) is 0 Å². The third kappa shape index (κ3) is 3.80. The maximum Gasteiger partial charge on any atom is 0.256 e. The SMILES string of the molecule is COc1ccc(OC)c(-c2cc(C(=O)Nc3cccc(F)c3)c3ccccc3n2)c1. The van der Waals surface area contributed by atoms with Gasteiger partial charge in [0.1, 0.15) is 17.3 Å². The van der Waals surface area contributed by atoms with Gasteiger partial charge in [-0.2, -0.15) is 0 Å². The first-order valence-electron chi connectivity index (χ1n) is 9.28. The van der Waals surface area contributed by atoms with E-state index in [-0.39, 0.29) is 5.91 Å². The molecule has 0 aliphatic rings. The van der Waals surface area contributed by atoms with E-state index < -0.39 is 5.82 Å². The number of benzene rings is 3. The van der Waals surface area contributed by atoms with Crippen LogP contribution in [0.5, 0.6) is 11.5 Å². The first-order chi connectivity index (χ1) is 14.6. The number of hydrogen-bond donors (Lipinski definition) is 1. The van der Waals surface area contributed by atoms with Gasteiger partial charge in [-0.15, -0.1) is 0 Å². The van der Waals surface area contributed by atoms with Gasteiger partial charge in [-0.3, -0.25) is 4.79 Å². The van der Waals surface area contributed by atoms with Crippen molar-refractivity contribution in [2.75, 3.05) is 19.5 Å². The van der Waals surface area contributed by atoms with Crippen LogP contribution in [0.25, 0.3) is 22.2 Å². The van der Waals surface area contributed by atoms with E-state index in [1.54, 1.807) is 44.6 Å². The second kappa shape index (κ2) is 8.21. The number of carbonyl (C=O) groups is 1. The predicted molar refractivity (Wildman–Crippen MR) is 115 cm³/mol. The van der Waals surface area contributed by atoms with Gasteiger partial charge in [0.15, 0.2) is 0 Å². The number of anilines is 1. The number of fused-ring (bicyclic) bond motifs is 1. The van der Waals surface area contributed by atoms with Crippen LogP contribution < -0.4 is 14.8 Å². The Labute approximate surface area is 173 Å². The Morgan fingerprint density at radius 2 is 1.77 bits per heavy atom. The van der Waals surface area contributed by atoms with Crippen molar-refractivity contribution in [2.45, 2.75) is 0 Å². The van der Waals surface area contributed by atoms with E-state index in [1.165, 1.54) is 12.1 Å². The number of nitrogens with zero attached hydrogens (tertiary/aromatic N) is 1. The number of halogens is 1. The van der Waals surface area contributed by atoms with E-state index in [4.69, 9.17) is 14.5 Å². The van der Waals surface area contributed by atoms with Crippen molar-refractivity contribution in [3.05, 3.63) is 84.2 Å². The van der Waals surface area contributed by atoms with E-state index in [1.807, 2.05) is 30.3 Å². The number of aromatic nitrogens is 1. The third-order valence-corrected chi connectivity index (χ3v) is 4.73. The monoisotopic (exact) mass is 402 g/mol. The second-order valence-corrected chi connectivity index (χ2v) is 6.60. The summed E-state index contributed by atoms with van der Waals surface area (Å²) in [6.45, 7) is 0. The zero-order valence-corrected chi connectivity index (χ0v) is 16.5. The molecule has 30 heavy (non-hydrogen) atoms. The smallest absolute Gasteiger partial charge is 0.256 e. The van der Waals surface area contributed by atoms with Crippen molar-refractivity contribution in [1.29, 1.82) is 0 Å². The van der Waals surface area contributed by atoms with Crippen LogP contribution in [0.4, 0.5) is 10.1 Å². The molecule has 0 unspecified atom stereocenters. The van der Waals surface area contributed by atoms with E-state index in [0.717, 1.165) is 0 Å². The Hall–Kier alpha value is -3.93. The Kier molecular flexibility index (Phi) is 5.30. The molecule has 1 N–H and O–H groups in total. The Balaban J connectivity index is 1.85. The van der Waals surface area contributed by atoms with Crippen molar-refractivity contribution < 1.29 is 18.7 Å². The maximum atomic E-state index is 13.5. The molecule has 0 aliphatic carbocycles. The number of para-hydroxylation sites is 1. The number of methoxy groups -OCH3 is 2. The molecule has 0 atom stereocenters. The van der Waals surface area contributed by atoms with Crippen LogP contribution in [0, 0.1) is 5.82 Å². The molecule has 0 fully saturated rings. The predicted octanol–water partition coefficient (Wildman–Crippen LogP) is 5.31. The lowest BCUT2D eigenvalue weighted by Crippen LogP contribution is -2.13. The van der Waals surface area contributed by atoms with Crippen LogP contribution in [0.3, 0.4) is 0 Å². The van der Waals surface area contributed by atoms with Gasteiger partial charge in [0, 0.05) is 16.6 Å². The molecular formula is C24H19FN2O3. The van der Waals surface area contributed by atoms with E-state index in [2.05, 4.69) is 5.32 Å². The number of amides is 1. The molecular weight excluding hydrogens is 383 g/mol. The summed E-state index contributed by atoms with van der Waals surface area (Å²) in [4.78, 5) is 17.8. The fraction of sp³-hybridized carbons (Fsp3) is 0.0833. The second-order valence-electron chi connectivity index (χ2n) is 6.60. The molecule has 1 aromatic heterocycles. The highest BCUT2D eigenvalue weighted by Crippen LogP contribution is 2.34. The molecule has 4 aromatic rings. The minimum Gasteiger partial charge on any atom is -0.497 e. The summed E-state index contributed by atoms with van der Waals surface area (Å²) < 4.78 is 24.3. The summed E-state index contributed by atoms with van der Waals surface area (Å²) in [5, 5.41) is 3.45. The van der Waals surface area contributed by atoms with E-state index in [0.29, 0.717) is 44.9 Å². The van der Waals surface area contributed by atoms with Gasteiger partial charge in [-0.25, -0.2) is 9.37 Å². The van der Waals surface area contributed by atoms with Gasteiger partial charge in [0.05, 0.1) is 31.0 Å². The quantitative estimate of drug-likeness (QED) is 0.491. The number of nitrogens with one attached hydrogen (secondary N) is 1. The van der Waals surface area contributed by atoms with Crippen LogP contribution in [0.1, 0.15) is 10.4 Å². The molecule has 3 aromatic carbocycles.